The summed E-state index contributed by atoms with van der Waals surface area (Å²) >= 11 is 3.17. The molecule has 0 saturated carbocycles. The number of rotatable bonds is 3. The number of aromatic nitrogens is 1. The minimum absolute atomic E-state index is 0.0877. The fourth-order valence-electron chi connectivity index (χ4n) is 0.915. The van der Waals surface area contributed by atoms with Gasteiger partial charge in [-0.1, -0.05) is 15.9 Å². The van der Waals surface area contributed by atoms with Crippen molar-refractivity contribution >= 4 is 15.9 Å². The first-order valence-corrected chi connectivity index (χ1v) is 4.68. The van der Waals surface area contributed by atoms with Crippen LogP contribution < -0.4 is 4.74 Å². The molecule has 1 rings (SSSR count). The van der Waals surface area contributed by atoms with Crippen molar-refractivity contribution in [3.8, 4) is 5.88 Å². The smallest absolute Gasteiger partial charge is 0.265 e. The Morgan fingerprint density at radius 3 is 2.77 bits per heavy atom. The maximum absolute atomic E-state index is 12.2. The van der Waals surface area contributed by atoms with Crippen molar-refractivity contribution in [1.82, 2.24) is 4.98 Å². The van der Waals surface area contributed by atoms with Crippen LogP contribution in [0.25, 0.3) is 0 Å². The van der Waals surface area contributed by atoms with E-state index in [1.54, 1.807) is 0 Å². The van der Waals surface area contributed by atoms with Crippen LogP contribution in [0, 0.1) is 0 Å². The molecular weight excluding hydrogens is 244 g/mol. The van der Waals surface area contributed by atoms with E-state index in [2.05, 4.69) is 20.9 Å². The van der Waals surface area contributed by atoms with Crippen molar-refractivity contribution in [1.29, 1.82) is 0 Å². The molecule has 0 atom stereocenters. The zero-order chi connectivity index (χ0) is 9.84. The predicted octanol–water partition coefficient (Wildman–Crippen LogP) is 2.92. The fourth-order valence-corrected chi connectivity index (χ4v) is 1.32. The maximum Gasteiger partial charge on any atom is 0.265 e. The van der Waals surface area contributed by atoms with Gasteiger partial charge in [0.2, 0.25) is 5.88 Å². The third-order valence-corrected chi connectivity index (χ3v) is 2.14. The van der Waals surface area contributed by atoms with E-state index >= 15 is 0 Å². The molecule has 0 unspecified atom stereocenters. The summed E-state index contributed by atoms with van der Waals surface area (Å²) in [5.74, 6) is 0.376. The lowest BCUT2D eigenvalue weighted by Crippen LogP contribution is -1.95. The molecule has 0 N–H and O–H groups in total. The number of hydrogen-bond acceptors (Lipinski definition) is 2. The second-order valence-electron chi connectivity index (χ2n) is 2.37. The quantitative estimate of drug-likeness (QED) is 0.771. The van der Waals surface area contributed by atoms with Crippen molar-refractivity contribution in [2.75, 3.05) is 7.11 Å². The Hall–Kier alpha value is -0.710. The lowest BCUT2D eigenvalue weighted by molar-refractivity contribution is 0.150. The zero-order valence-electron chi connectivity index (χ0n) is 6.93. The monoisotopic (exact) mass is 251 g/mol. The Morgan fingerprint density at radius 1 is 1.62 bits per heavy atom. The van der Waals surface area contributed by atoms with Crippen LogP contribution in [0.2, 0.25) is 0 Å². The molecule has 13 heavy (non-hydrogen) atoms. The summed E-state index contributed by atoms with van der Waals surface area (Å²) in [5, 5.41) is 0.448. The van der Waals surface area contributed by atoms with Crippen LogP contribution in [0.4, 0.5) is 8.78 Å². The molecule has 0 spiro atoms. The third kappa shape index (κ3) is 2.37. The molecular formula is C8H8BrF2NO. The predicted molar refractivity (Wildman–Crippen MR) is 48.4 cm³/mol. The summed E-state index contributed by atoms with van der Waals surface area (Å²) in [6.07, 6.45) is -1.37. The standard InChI is InChI=1S/C8H8BrF2NO/c1-13-8-5(3-9)2-6(4-12-8)7(10)11/h2,4,7H,3H2,1H3. The summed E-state index contributed by atoms with van der Waals surface area (Å²) in [7, 11) is 1.45. The maximum atomic E-state index is 12.2. The minimum atomic E-state index is -2.49. The Bertz CT molecular complexity index is 293. The van der Waals surface area contributed by atoms with Gasteiger partial charge in [0.15, 0.2) is 0 Å². The molecule has 0 saturated heterocycles. The highest BCUT2D eigenvalue weighted by atomic mass is 79.9. The minimum Gasteiger partial charge on any atom is -0.481 e. The van der Waals surface area contributed by atoms with Crippen LogP contribution in [-0.2, 0) is 5.33 Å². The molecule has 5 heteroatoms. The van der Waals surface area contributed by atoms with Crippen molar-refractivity contribution in [3.63, 3.8) is 0 Å². The van der Waals surface area contributed by atoms with Gasteiger partial charge in [0.25, 0.3) is 6.43 Å². The molecule has 1 aromatic heterocycles. The van der Waals surface area contributed by atoms with Crippen molar-refractivity contribution in [2.24, 2.45) is 0 Å². The third-order valence-electron chi connectivity index (χ3n) is 1.54. The summed E-state index contributed by atoms with van der Waals surface area (Å²) < 4.78 is 29.3. The number of nitrogens with zero attached hydrogens (tertiary/aromatic N) is 1. The van der Waals surface area contributed by atoms with Gasteiger partial charge in [-0.05, 0) is 6.07 Å². The molecule has 1 heterocycles. The van der Waals surface area contributed by atoms with Crippen LogP contribution in [-0.4, -0.2) is 12.1 Å². The van der Waals surface area contributed by atoms with Crippen molar-refractivity contribution in [3.05, 3.63) is 23.4 Å². The first-order chi connectivity index (χ1) is 6.19. The van der Waals surface area contributed by atoms with E-state index in [1.165, 1.54) is 13.2 Å². The van der Waals surface area contributed by atoms with Crippen LogP contribution >= 0.6 is 15.9 Å². The molecule has 0 aliphatic carbocycles. The van der Waals surface area contributed by atoms with Crippen LogP contribution in [0.5, 0.6) is 5.88 Å². The van der Waals surface area contributed by atoms with Gasteiger partial charge in [0.05, 0.1) is 7.11 Å². The van der Waals surface area contributed by atoms with Crippen molar-refractivity contribution in [2.45, 2.75) is 11.8 Å². The average molecular weight is 252 g/mol. The summed E-state index contributed by atoms with van der Waals surface area (Å²) in [4.78, 5) is 3.76. The van der Waals surface area contributed by atoms with Crippen LogP contribution in [0.15, 0.2) is 12.3 Å². The van der Waals surface area contributed by atoms with E-state index in [-0.39, 0.29) is 5.56 Å². The molecule has 0 fully saturated rings. The van der Waals surface area contributed by atoms with Crippen LogP contribution in [0.3, 0.4) is 0 Å². The number of hydrogen-bond donors (Lipinski definition) is 0. The second kappa shape index (κ2) is 4.50. The first kappa shape index (κ1) is 10.4. The molecule has 72 valence electrons. The lowest BCUT2D eigenvalue weighted by Gasteiger charge is -2.06. The summed E-state index contributed by atoms with van der Waals surface area (Å²) in [6.45, 7) is 0. The zero-order valence-corrected chi connectivity index (χ0v) is 8.51. The number of alkyl halides is 3. The van der Waals surface area contributed by atoms with Gasteiger partial charge in [-0.25, -0.2) is 13.8 Å². The Labute approximate surface area is 83.1 Å². The molecule has 0 bridgehead atoms. The molecule has 0 amide bonds. The second-order valence-corrected chi connectivity index (χ2v) is 2.93. The summed E-state index contributed by atoms with van der Waals surface area (Å²) in [5.41, 5.74) is 0.538. The number of methoxy groups -OCH3 is 1. The Morgan fingerprint density at radius 2 is 2.31 bits per heavy atom. The highest BCUT2D eigenvalue weighted by Crippen LogP contribution is 2.24. The molecule has 0 aromatic carbocycles. The number of halogens is 3. The highest BCUT2D eigenvalue weighted by molar-refractivity contribution is 9.08. The highest BCUT2D eigenvalue weighted by Gasteiger charge is 2.11. The van der Waals surface area contributed by atoms with Gasteiger partial charge in [-0.15, -0.1) is 0 Å². The number of pyridine rings is 1. The molecule has 1 aromatic rings. The van der Waals surface area contributed by atoms with E-state index in [0.29, 0.717) is 16.8 Å². The van der Waals surface area contributed by atoms with Gasteiger partial charge in [0, 0.05) is 22.7 Å². The molecule has 2 nitrogen and oxygen atoms in total. The van der Waals surface area contributed by atoms with E-state index in [9.17, 15) is 8.78 Å². The van der Waals surface area contributed by atoms with Gasteiger partial charge in [-0.3, -0.25) is 0 Å². The van der Waals surface area contributed by atoms with Crippen LogP contribution in [0.1, 0.15) is 17.6 Å². The van der Waals surface area contributed by atoms with Crippen molar-refractivity contribution < 1.29 is 13.5 Å². The van der Waals surface area contributed by atoms with Gasteiger partial charge in [-0.2, -0.15) is 0 Å². The van der Waals surface area contributed by atoms with Gasteiger partial charge >= 0.3 is 0 Å². The van der Waals surface area contributed by atoms with E-state index in [0.717, 1.165) is 6.20 Å². The largest absolute Gasteiger partial charge is 0.481 e. The SMILES string of the molecule is COc1ncc(C(F)F)cc1CBr. The topological polar surface area (TPSA) is 22.1 Å². The van der Waals surface area contributed by atoms with Gasteiger partial charge in [0.1, 0.15) is 0 Å². The Balaban J connectivity index is 3.05. The average Bonchev–Trinajstić information content (AvgIpc) is 2.16. The number of ether oxygens (including phenoxy) is 1. The first-order valence-electron chi connectivity index (χ1n) is 3.56. The van der Waals surface area contributed by atoms with E-state index in [4.69, 9.17) is 4.74 Å². The molecule has 0 aliphatic heterocycles. The van der Waals surface area contributed by atoms with E-state index < -0.39 is 6.43 Å². The fraction of sp³-hybridized carbons (Fsp3) is 0.375. The Kier molecular flexibility index (Phi) is 3.59. The van der Waals surface area contributed by atoms with Gasteiger partial charge < -0.3 is 4.74 Å². The summed E-state index contributed by atoms with van der Waals surface area (Å²) in [6, 6.07) is 1.38. The lowest BCUT2D eigenvalue weighted by atomic mass is 10.2. The van der Waals surface area contributed by atoms with E-state index in [1.807, 2.05) is 0 Å². The normalized spacial score (nSPS) is 10.5. The molecule has 0 radical (unpaired) electrons. The molecule has 0 aliphatic rings.